The van der Waals surface area contributed by atoms with Gasteiger partial charge in [-0.3, -0.25) is 9.69 Å². The van der Waals surface area contributed by atoms with E-state index in [-0.39, 0.29) is 17.7 Å². The second-order valence-corrected chi connectivity index (χ2v) is 8.98. The van der Waals surface area contributed by atoms with Crippen LogP contribution in [0.5, 0.6) is 5.75 Å². The topological polar surface area (TPSA) is 40.5 Å². The van der Waals surface area contributed by atoms with Gasteiger partial charge in [-0.05, 0) is 52.7 Å². The molecule has 1 amide bonds. The van der Waals surface area contributed by atoms with E-state index in [0.29, 0.717) is 10.6 Å². The molecule has 1 heterocycles. The Morgan fingerprint density at radius 2 is 1.58 bits per heavy atom. The number of carbonyl (C=O) groups excluding carboxylic acids is 1. The number of rotatable bonds is 2. The monoisotopic (exact) mass is 427 g/mol. The highest BCUT2D eigenvalue weighted by atomic mass is 35.5. The van der Waals surface area contributed by atoms with E-state index in [4.69, 9.17) is 11.6 Å². The minimum absolute atomic E-state index is 0.118. The van der Waals surface area contributed by atoms with Gasteiger partial charge in [0, 0.05) is 27.3 Å². The van der Waals surface area contributed by atoms with Crippen molar-refractivity contribution in [1.82, 2.24) is 0 Å². The van der Waals surface area contributed by atoms with Crippen LogP contribution in [0.3, 0.4) is 0 Å². The number of nitrogens with zero attached hydrogens (tertiary/aromatic N) is 1. The van der Waals surface area contributed by atoms with Crippen LogP contribution in [0.2, 0.25) is 5.02 Å². The predicted octanol–water partition coefficient (Wildman–Crippen LogP) is 6.88. The van der Waals surface area contributed by atoms with Crippen LogP contribution in [0.15, 0.2) is 84.9 Å². The number of hydrogen-bond donors (Lipinski definition) is 1. The average Bonchev–Trinajstić information content (AvgIpc) is 3.01. The summed E-state index contributed by atoms with van der Waals surface area (Å²) in [6.45, 7) is 4.26. The fourth-order valence-electron chi connectivity index (χ4n) is 4.86. The maximum absolute atomic E-state index is 13.8. The first kappa shape index (κ1) is 19.7. The van der Waals surface area contributed by atoms with E-state index in [1.807, 2.05) is 53.4 Å². The number of para-hydroxylation sites is 1. The van der Waals surface area contributed by atoms with Crippen LogP contribution >= 0.6 is 11.6 Å². The number of aromatic hydroxyl groups is 1. The second-order valence-electron chi connectivity index (χ2n) is 8.54. The molecule has 0 bridgehead atoms. The molecule has 0 radical (unpaired) electrons. The third-order valence-corrected chi connectivity index (χ3v) is 6.58. The van der Waals surface area contributed by atoms with E-state index in [2.05, 4.69) is 19.9 Å². The Morgan fingerprint density at radius 3 is 2.35 bits per heavy atom. The van der Waals surface area contributed by atoms with Gasteiger partial charge in [0.1, 0.15) is 5.75 Å². The SMILES string of the molecule is CC1(C)c2ccccc2N(C(=O)c2ccc(Cl)cc2)[C@H]1c1c(O)ccc2ccccc12. The summed E-state index contributed by atoms with van der Waals surface area (Å²) < 4.78 is 0. The van der Waals surface area contributed by atoms with Gasteiger partial charge in [0.2, 0.25) is 0 Å². The van der Waals surface area contributed by atoms with Crippen molar-refractivity contribution in [2.75, 3.05) is 4.90 Å². The standard InChI is InChI=1S/C27H22ClNO2/c1-27(2)21-9-5-6-10-22(21)29(26(31)18-11-14-19(28)15-12-18)25(27)24-20-8-4-3-7-17(20)13-16-23(24)30/h3-16,25,30H,1-2H3/t25-/m0/s1. The lowest BCUT2D eigenvalue weighted by atomic mass is 9.76. The fraction of sp³-hybridized carbons (Fsp3) is 0.148. The summed E-state index contributed by atoms with van der Waals surface area (Å²) in [5, 5.41) is 13.6. The molecule has 0 aromatic heterocycles. The molecule has 3 nitrogen and oxygen atoms in total. The molecule has 1 N–H and O–H groups in total. The highest BCUT2D eigenvalue weighted by molar-refractivity contribution is 6.30. The van der Waals surface area contributed by atoms with Gasteiger partial charge >= 0.3 is 0 Å². The number of carbonyl (C=O) groups is 1. The summed E-state index contributed by atoms with van der Waals surface area (Å²) in [5.41, 5.74) is 2.85. The molecule has 1 aliphatic rings. The van der Waals surface area contributed by atoms with E-state index in [1.54, 1.807) is 30.3 Å². The molecule has 0 unspecified atom stereocenters. The van der Waals surface area contributed by atoms with E-state index in [0.717, 1.165) is 27.6 Å². The molecule has 4 aromatic carbocycles. The quantitative estimate of drug-likeness (QED) is 0.379. The van der Waals surface area contributed by atoms with Crippen LogP contribution in [-0.4, -0.2) is 11.0 Å². The smallest absolute Gasteiger partial charge is 0.258 e. The van der Waals surface area contributed by atoms with Crippen molar-refractivity contribution >= 4 is 34.0 Å². The third-order valence-electron chi connectivity index (χ3n) is 6.33. The lowest BCUT2D eigenvalue weighted by molar-refractivity contribution is 0.0971. The molecule has 0 saturated heterocycles. The zero-order valence-electron chi connectivity index (χ0n) is 17.3. The molecule has 4 aromatic rings. The number of fused-ring (bicyclic) bond motifs is 2. The molecule has 31 heavy (non-hydrogen) atoms. The summed E-state index contributed by atoms with van der Waals surface area (Å²) in [4.78, 5) is 15.7. The highest BCUT2D eigenvalue weighted by Crippen LogP contribution is 2.55. The van der Waals surface area contributed by atoms with Crippen molar-refractivity contribution in [3.8, 4) is 5.75 Å². The number of phenolic OH excluding ortho intramolecular Hbond substituents is 1. The summed E-state index contributed by atoms with van der Waals surface area (Å²) >= 11 is 6.06. The third kappa shape index (κ3) is 3.00. The summed E-state index contributed by atoms with van der Waals surface area (Å²) in [6, 6.07) is 26.2. The molecule has 4 heteroatoms. The van der Waals surface area contributed by atoms with Crippen molar-refractivity contribution in [3.05, 3.63) is 107 Å². The summed E-state index contributed by atoms with van der Waals surface area (Å²) in [7, 11) is 0. The summed E-state index contributed by atoms with van der Waals surface area (Å²) in [6.07, 6.45) is 0. The van der Waals surface area contributed by atoms with Crippen molar-refractivity contribution in [1.29, 1.82) is 0 Å². The van der Waals surface area contributed by atoms with Gasteiger partial charge in [-0.15, -0.1) is 0 Å². The molecular formula is C27H22ClNO2. The molecule has 1 aliphatic heterocycles. The number of benzene rings is 4. The molecule has 1 atom stereocenters. The van der Waals surface area contributed by atoms with Crippen LogP contribution in [0.4, 0.5) is 5.69 Å². The molecule has 154 valence electrons. The van der Waals surface area contributed by atoms with Crippen LogP contribution in [0.25, 0.3) is 10.8 Å². The van der Waals surface area contributed by atoms with Crippen molar-refractivity contribution in [2.45, 2.75) is 25.3 Å². The predicted molar refractivity (Wildman–Crippen MR) is 126 cm³/mol. The molecule has 5 rings (SSSR count). The number of hydrogen-bond acceptors (Lipinski definition) is 2. The maximum atomic E-state index is 13.8. The molecular weight excluding hydrogens is 406 g/mol. The van der Waals surface area contributed by atoms with Gasteiger partial charge < -0.3 is 5.11 Å². The Morgan fingerprint density at radius 1 is 0.903 bits per heavy atom. The van der Waals surface area contributed by atoms with Gasteiger partial charge in [0.25, 0.3) is 5.91 Å². The Balaban J connectivity index is 1.78. The first-order chi connectivity index (χ1) is 14.9. The fourth-order valence-corrected chi connectivity index (χ4v) is 4.98. The van der Waals surface area contributed by atoms with Gasteiger partial charge in [-0.25, -0.2) is 0 Å². The van der Waals surface area contributed by atoms with Gasteiger partial charge in [-0.2, -0.15) is 0 Å². The van der Waals surface area contributed by atoms with E-state index in [9.17, 15) is 9.90 Å². The lowest BCUT2D eigenvalue weighted by Crippen LogP contribution is -2.38. The van der Waals surface area contributed by atoms with Crippen LogP contribution in [-0.2, 0) is 5.41 Å². The van der Waals surface area contributed by atoms with Crippen molar-refractivity contribution in [3.63, 3.8) is 0 Å². The van der Waals surface area contributed by atoms with Gasteiger partial charge in [0.15, 0.2) is 0 Å². The van der Waals surface area contributed by atoms with Crippen molar-refractivity contribution in [2.24, 2.45) is 0 Å². The van der Waals surface area contributed by atoms with E-state index < -0.39 is 5.41 Å². The number of amides is 1. The molecule has 0 saturated carbocycles. The Hall–Kier alpha value is -3.30. The van der Waals surface area contributed by atoms with Crippen LogP contribution < -0.4 is 4.90 Å². The zero-order chi connectivity index (χ0) is 21.8. The number of anilines is 1. The molecule has 0 fully saturated rings. The minimum Gasteiger partial charge on any atom is -0.508 e. The number of phenols is 1. The maximum Gasteiger partial charge on any atom is 0.258 e. The largest absolute Gasteiger partial charge is 0.508 e. The van der Waals surface area contributed by atoms with E-state index >= 15 is 0 Å². The minimum atomic E-state index is -0.416. The molecule has 0 aliphatic carbocycles. The Labute approximate surface area is 186 Å². The summed E-state index contributed by atoms with van der Waals surface area (Å²) in [5.74, 6) is 0.0745. The van der Waals surface area contributed by atoms with Crippen LogP contribution in [0, 0.1) is 0 Å². The Bertz CT molecular complexity index is 1310. The van der Waals surface area contributed by atoms with E-state index in [1.165, 1.54) is 0 Å². The lowest BCUT2D eigenvalue weighted by Gasteiger charge is -2.35. The van der Waals surface area contributed by atoms with Gasteiger partial charge in [0.05, 0.1) is 6.04 Å². The molecule has 0 spiro atoms. The first-order valence-corrected chi connectivity index (χ1v) is 10.7. The normalized spacial score (nSPS) is 17.0. The second kappa shape index (κ2) is 7.14. The highest BCUT2D eigenvalue weighted by Gasteiger charge is 2.49. The van der Waals surface area contributed by atoms with Crippen LogP contribution in [0.1, 0.15) is 41.4 Å². The number of halogens is 1. The first-order valence-electron chi connectivity index (χ1n) is 10.3. The zero-order valence-corrected chi connectivity index (χ0v) is 18.1. The Kier molecular flexibility index (Phi) is 4.53. The van der Waals surface area contributed by atoms with Crippen molar-refractivity contribution < 1.29 is 9.90 Å². The van der Waals surface area contributed by atoms with Gasteiger partial charge in [-0.1, -0.05) is 74.0 Å². The average molecular weight is 428 g/mol.